The summed E-state index contributed by atoms with van der Waals surface area (Å²) in [6.07, 6.45) is 4.25. The molecule has 19 heavy (non-hydrogen) atoms. The molecule has 2 rings (SSSR count). The van der Waals surface area contributed by atoms with Crippen molar-refractivity contribution in [1.82, 2.24) is 0 Å². The first-order valence-electron chi connectivity index (χ1n) is 6.47. The minimum Gasteiger partial charge on any atom is -0.379 e. The molecule has 0 amide bonds. The van der Waals surface area contributed by atoms with E-state index in [0.29, 0.717) is 6.54 Å². The van der Waals surface area contributed by atoms with Gasteiger partial charge in [0.15, 0.2) is 0 Å². The highest BCUT2D eigenvalue weighted by atomic mass is 19.1. The molecule has 6 heteroatoms. The number of para-hydroxylation sites is 1. The van der Waals surface area contributed by atoms with Crippen LogP contribution in [-0.4, -0.2) is 24.2 Å². The number of rotatable bonds is 5. The van der Waals surface area contributed by atoms with Crippen molar-refractivity contribution in [3.8, 4) is 0 Å². The molecule has 1 fully saturated rings. The van der Waals surface area contributed by atoms with Crippen molar-refractivity contribution in [2.75, 3.05) is 18.5 Å². The van der Waals surface area contributed by atoms with Gasteiger partial charge >= 0.3 is 5.69 Å². The highest BCUT2D eigenvalue weighted by Crippen LogP contribution is 2.27. The summed E-state index contributed by atoms with van der Waals surface area (Å²) >= 11 is 0. The van der Waals surface area contributed by atoms with Gasteiger partial charge in [-0.05, 0) is 37.8 Å². The van der Waals surface area contributed by atoms with Gasteiger partial charge in [-0.1, -0.05) is 6.07 Å². The van der Waals surface area contributed by atoms with Crippen LogP contribution in [0.3, 0.4) is 0 Å². The summed E-state index contributed by atoms with van der Waals surface area (Å²) in [6.45, 7) is 1.32. The third kappa shape index (κ3) is 3.64. The lowest BCUT2D eigenvalue weighted by Gasteiger charge is -2.22. The predicted molar refractivity (Wildman–Crippen MR) is 69.8 cm³/mol. The Labute approximate surface area is 110 Å². The quantitative estimate of drug-likeness (QED) is 0.658. The van der Waals surface area contributed by atoms with Crippen LogP contribution in [0.15, 0.2) is 18.2 Å². The van der Waals surface area contributed by atoms with Crippen molar-refractivity contribution in [3.05, 3.63) is 34.1 Å². The van der Waals surface area contributed by atoms with Crippen molar-refractivity contribution in [3.63, 3.8) is 0 Å². The van der Waals surface area contributed by atoms with E-state index in [1.54, 1.807) is 0 Å². The van der Waals surface area contributed by atoms with Crippen LogP contribution >= 0.6 is 0 Å². The molecule has 1 atom stereocenters. The van der Waals surface area contributed by atoms with Crippen LogP contribution in [0, 0.1) is 15.9 Å². The second kappa shape index (κ2) is 6.47. The number of nitrogens with zero attached hydrogens (tertiary/aromatic N) is 1. The number of hydrogen-bond donors (Lipinski definition) is 1. The van der Waals surface area contributed by atoms with Crippen LogP contribution in [0.25, 0.3) is 0 Å². The molecule has 0 bridgehead atoms. The first-order valence-corrected chi connectivity index (χ1v) is 6.47. The zero-order chi connectivity index (χ0) is 13.7. The molecule has 1 aromatic rings. The van der Waals surface area contributed by atoms with E-state index >= 15 is 0 Å². The van der Waals surface area contributed by atoms with Crippen molar-refractivity contribution in [2.24, 2.45) is 0 Å². The fourth-order valence-corrected chi connectivity index (χ4v) is 2.25. The number of nitro benzene ring substituents is 1. The van der Waals surface area contributed by atoms with Gasteiger partial charge in [-0.3, -0.25) is 10.1 Å². The Kier molecular flexibility index (Phi) is 4.68. The lowest BCUT2D eigenvalue weighted by Crippen LogP contribution is -2.22. The molecule has 1 aromatic carbocycles. The van der Waals surface area contributed by atoms with E-state index in [0.717, 1.165) is 38.4 Å². The van der Waals surface area contributed by atoms with Crippen LogP contribution in [0.1, 0.15) is 25.7 Å². The molecule has 1 N–H and O–H groups in total. The zero-order valence-electron chi connectivity index (χ0n) is 10.6. The number of hydrogen-bond acceptors (Lipinski definition) is 4. The molecule has 5 nitrogen and oxygen atoms in total. The fraction of sp³-hybridized carbons (Fsp3) is 0.538. The average Bonchev–Trinajstić information content (AvgIpc) is 2.39. The SMILES string of the molecule is O=[N+]([O-])c1c(F)cccc1NCCC1CCCCO1. The van der Waals surface area contributed by atoms with Gasteiger partial charge in [0.25, 0.3) is 0 Å². The van der Waals surface area contributed by atoms with Gasteiger partial charge in [-0.25, -0.2) is 0 Å². The van der Waals surface area contributed by atoms with Gasteiger partial charge in [-0.2, -0.15) is 4.39 Å². The highest BCUT2D eigenvalue weighted by Gasteiger charge is 2.20. The first-order chi connectivity index (χ1) is 9.18. The van der Waals surface area contributed by atoms with E-state index in [9.17, 15) is 14.5 Å². The normalized spacial score (nSPS) is 19.1. The molecule has 0 aliphatic carbocycles. The maximum Gasteiger partial charge on any atom is 0.327 e. The van der Waals surface area contributed by atoms with Gasteiger partial charge < -0.3 is 10.1 Å². The molecule has 1 aliphatic heterocycles. The molecule has 0 aromatic heterocycles. The van der Waals surface area contributed by atoms with Crippen LogP contribution in [-0.2, 0) is 4.74 Å². The number of benzene rings is 1. The van der Waals surface area contributed by atoms with Crippen molar-refractivity contribution in [1.29, 1.82) is 0 Å². The number of nitrogens with one attached hydrogen (secondary N) is 1. The summed E-state index contributed by atoms with van der Waals surface area (Å²) in [4.78, 5) is 10.1. The van der Waals surface area contributed by atoms with E-state index < -0.39 is 16.4 Å². The summed E-state index contributed by atoms with van der Waals surface area (Å²) in [5.74, 6) is -0.816. The minimum atomic E-state index is -0.816. The molecule has 1 saturated heterocycles. The Morgan fingerprint density at radius 1 is 1.47 bits per heavy atom. The Morgan fingerprint density at radius 3 is 3.00 bits per heavy atom. The molecule has 0 spiro atoms. The van der Waals surface area contributed by atoms with Crippen molar-refractivity contribution < 1.29 is 14.1 Å². The molecule has 1 heterocycles. The zero-order valence-corrected chi connectivity index (χ0v) is 10.6. The van der Waals surface area contributed by atoms with E-state index in [2.05, 4.69) is 5.32 Å². The molecule has 1 unspecified atom stereocenters. The molecule has 104 valence electrons. The summed E-state index contributed by atoms with van der Waals surface area (Å²) in [7, 11) is 0. The highest BCUT2D eigenvalue weighted by molar-refractivity contribution is 5.61. The third-order valence-electron chi connectivity index (χ3n) is 3.23. The lowest BCUT2D eigenvalue weighted by molar-refractivity contribution is -0.386. The lowest BCUT2D eigenvalue weighted by atomic mass is 10.1. The van der Waals surface area contributed by atoms with Gasteiger partial charge in [-0.15, -0.1) is 0 Å². The topological polar surface area (TPSA) is 64.4 Å². The maximum absolute atomic E-state index is 13.4. The van der Waals surface area contributed by atoms with Gasteiger partial charge in [0.05, 0.1) is 11.0 Å². The van der Waals surface area contributed by atoms with Crippen LogP contribution in [0.5, 0.6) is 0 Å². The Balaban J connectivity index is 1.92. The Morgan fingerprint density at radius 2 is 2.32 bits per heavy atom. The summed E-state index contributed by atoms with van der Waals surface area (Å²) in [5, 5.41) is 13.7. The first kappa shape index (κ1) is 13.7. The summed E-state index contributed by atoms with van der Waals surface area (Å²) in [6, 6.07) is 4.07. The van der Waals surface area contributed by atoms with Crippen LogP contribution in [0.4, 0.5) is 15.8 Å². The Hall–Kier alpha value is -1.69. The van der Waals surface area contributed by atoms with Gasteiger partial charge in [0.1, 0.15) is 5.69 Å². The third-order valence-corrected chi connectivity index (χ3v) is 3.23. The average molecular weight is 268 g/mol. The summed E-state index contributed by atoms with van der Waals surface area (Å²) < 4.78 is 18.9. The second-order valence-corrected chi connectivity index (χ2v) is 4.60. The maximum atomic E-state index is 13.4. The standard InChI is InChI=1S/C13H17FN2O3/c14-11-5-3-6-12(13(11)16(17)18)15-8-7-10-4-1-2-9-19-10/h3,5-6,10,15H,1-2,4,7-9H2. The minimum absolute atomic E-state index is 0.203. The van der Waals surface area contributed by atoms with E-state index in [4.69, 9.17) is 4.74 Å². The monoisotopic (exact) mass is 268 g/mol. The van der Waals surface area contributed by atoms with Crippen LogP contribution in [0.2, 0.25) is 0 Å². The molecule has 0 saturated carbocycles. The smallest absolute Gasteiger partial charge is 0.327 e. The number of halogens is 1. The number of anilines is 1. The second-order valence-electron chi connectivity index (χ2n) is 4.60. The van der Waals surface area contributed by atoms with E-state index in [-0.39, 0.29) is 11.8 Å². The number of ether oxygens (including phenoxy) is 1. The number of nitro groups is 1. The van der Waals surface area contributed by atoms with E-state index in [1.165, 1.54) is 12.1 Å². The molecule has 0 radical (unpaired) electrons. The molecular weight excluding hydrogens is 251 g/mol. The fourth-order valence-electron chi connectivity index (χ4n) is 2.25. The van der Waals surface area contributed by atoms with E-state index in [1.807, 2.05) is 0 Å². The largest absolute Gasteiger partial charge is 0.379 e. The predicted octanol–water partition coefficient (Wildman–Crippen LogP) is 3.11. The van der Waals surface area contributed by atoms with Gasteiger partial charge in [0.2, 0.25) is 5.82 Å². The summed E-state index contributed by atoms with van der Waals surface area (Å²) in [5.41, 5.74) is -0.270. The Bertz CT molecular complexity index is 448. The van der Waals surface area contributed by atoms with Gasteiger partial charge in [0, 0.05) is 13.2 Å². The van der Waals surface area contributed by atoms with Crippen molar-refractivity contribution in [2.45, 2.75) is 31.8 Å². The van der Waals surface area contributed by atoms with Crippen LogP contribution < -0.4 is 5.32 Å². The van der Waals surface area contributed by atoms with Crippen molar-refractivity contribution >= 4 is 11.4 Å². The molecular formula is C13H17FN2O3. The molecule has 1 aliphatic rings.